The number of carbonyl (C=O) groups excluding carboxylic acids is 1. The Labute approximate surface area is 81.3 Å². The third kappa shape index (κ3) is 4.27. The van der Waals surface area contributed by atoms with Gasteiger partial charge in [0.15, 0.2) is 0 Å². The van der Waals surface area contributed by atoms with Crippen LogP contribution in [0.3, 0.4) is 0 Å². The number of hydrogen-bond acceptors (Lipinski definition) is 2. The van der Waals surface area contributed by atoms with Gasteiger partial charge in [-0.2, -0.15) is 0 Å². The van der Waals surface area contributed by atoms with Gasteiger partial charge in [0.05, 0.1) is 0 Å². The number of hydrogen-bond donors (Lipinski definition) is 1. The molecule has 2 N–H and O–H groups in total. The Balaban J connectivity index is 3.98. The van der Waals surface area contributed by atoms with Crippen molar-refractivity contribution in [2.45, 2.75) is 40.2 Å². The van der Waals surface area contributed by atoms with Crippen LogP contribution in [0.5, 0.6) is 0 Å². The maximum atomic E-state index is 11.6. The van der Waals surface area contributed by atoms with Crippen LogP contribution >= 0.6 is 0 Å². The fraction of sp³-hybridized carbons (Fsp3) is 0.900. The second-order valence-electron chi connectivity index (χ2n) is 3.68. The summed E-state index contributed by atoms with van der Waals surface area (Å²) in [5, 5.41) is 0. The monoisotopic (exact) mass is 186 g/mol. The standard InChI is InChI=1S/C10H22N2O/c1-5-12(6-2)10(13)7-9(11)8(3)4/h8-9H,5-7,11H2,1-4H3/t9-/m1/s1. The molecule has 3 heteroatoms. The second-order valence-corrected chi connectivity index (χ2v) is 3.68. The second kappa shape index (κ2) is 5.97. The molecule has 0 aromatic rings. The molecule has 78 valence electrons. The molecule has 0 aliphatic rings. The predicted molar refractivity (Wildman–Crippen MR) is 55.4 cm³/mol. The normalized spacial score (nSPS) is 13.1. The number of nitrogens with two attached hydrogens (primary N) is 1. The van der Waals surface area contributed by atoms with E-state index in [2.05, 4.69) is 0 Å². The Morgan fingerprint density at radius 1 is 1.31 bits per heavy atom. The lowest BCUT2D eigenvalue weighted by Crippen LogP contribution is -2.37. The minimum Gasteiger partial charge on any atom is -0.343 e. The maximum Gasteiger partial charge on any atom is 0.224 e. The van der Waals surface area contributed by atoms with E-state index >= 15 is 0 Å². The van der Waals surface area contributed by atoms with Crippen molar-refractivity contribution in [2.75, 3.05) is 13.1 Å². The van der Waals surface area contributed by atoms with Gasteiger partial charge < -0.3 is 10.6 Å². The van der Waals surface area contributed by atoms with Crippen LogP contribution in [0.1, 0.15) is 34.1 Å². The zero-order valence-electron chi connectivity index (χ0n) is 9.21. The molecule has 0 aliphatic carbocycles. The van der Waals surface area contributed by atoms with Crippen LogP contribution in [-0.2, 0) is 4.79 Å². The molecule has 0 saturated heterocycles. The lowest BCUT2D eigenvalue weighted by Gasteiger charge is -2.22. The molecule has 0 saturated carbocycles. The Bertz CT molecular complexity index is 153. The number of nitrogens with zero attached hydrogens (tertiary/aromatic N) is 1. The van der Waals surface area contributed by atoms with Crippen LogP contribution in [-0.4, -0.2) is 29.9 Å². The molecule has 1 amide bonds. The predicted octanol–water partition coefficient (Wildman–Crippen LogP) is 1.23. The molecule has 0 rings (SSSR count). The van der Waals surface area contributed by atoms with Crippen LogP contribution in [0.15, 0.2) is 0 Å². The first-order chi connectivity index (χ1) is 6.02. The van der Waals surface area contributed by atoms with E-state index in [0.717, 1.165) is 13.1 Å². The highest BCUT2D eigenvalue weighted by atomic mass is 16.2. The molecule has 3 nitrogen and oxygen atoms in total. The van der Waals surface area contributed by atoms with Crippen LogP contribution in [0.2, 0.25) is 0 Å². The fourth-order valence-corrected chi connectivity index (χ4v) is 1.14. The summed E-state index contributed by atoms with van der Waals surface area (Å²) in [5.74, 6) is 0.547. The SMILES string of the molecule is CCN(CC)C(=O)C[C@@H](N)C(C)C. The summed E-state index contributed by atoms with van der Waals surface area (Å²) < 4.78 is 0. The summed E-state index contributed by atoms with van der Waals surface area (Å²) in [7, 11) is 0. The third-order valence-electron chi connectivity index (χ3n) is 2.38. The molecule has 0 aromatic carbocycles. The molecule has 13 heavy (non-hydrogen) atoms. The molecule has 0 fully saturated rings. The van der Waals surface area contributed by atoms with E-state index in [0.29, 0.717) is 12.3 Å². The molecule has 0 spiro atoms. The van der Waals surface area contributed by atoms with Crippen molar-refractivity contribution in [2.24, 2.45) is 11.7 Å². The summed E-state index contributed by atoms with van der Waals surface area (Å²) in [6.45, 7) is 9.62. The number of amides is 1. The summed E-state index contributed by atoms with van der Waals surface area (Å²) >= 11 is 0. The third-order valence-corrected chi connectivity index (χ3v) is 2.38. The van der Waals surface area contributed by atoms with Gasteiger partial charge in [-0.15, -0.1) is 0 Å². The molecule has 0 aliphatic heterocycles. The van der Waals surface area contributed by atoms with Gasteiger partial charge in [-0.25, -0.2) is 0 Å². The van der Waals surface area contributed by atoms with Crippen LogP contribution in [0.25, 0.3) is 0 Å². The summed E-state index contributed by atoms with van der Waals surface area (Å²) in [5.41, 5.74) is 5.82. The smallest absolute Gasteiger partial charge is 0.224 e. The van der Waals surface area contributed by atoms with Crippen molar-refractivity contribution in [1.82, 2.24) is 4.90 Å². The van der Waals surface area contributed by atoms with E-state index in [1.807, 2.05) is 32.6 Å². The highest BCUT2D eigenvalue weighted by Gasteiger charge is 2.16. The average Bonchev–Trinajstić information content (AvgIpc) is 2.06. The minimum absolute atomic E-state index is 0.00639. The zero-order chi connectivity index (χ0) is 10.4. The van der Waals surface area contributed by atoms with E-state index in [4.69, 9.17) is 5.73 Å². The molecule has 0 aromatic heterocycles. The Morgan fingerprint density at radius 2 is 1.77 bits per heavy atom. The molecule has 0 heterocycles. The Kier molecular flexibility index (Phi) is 5.71. The largest absolute Gasteiger partial charge is 0.343 e. The van der Waals surface area contributed by atoms with Crippen molar-refractivity contribution in [1.29, 1.82) is 0 Å². The quantitative estimate of drug-likeness (QED) is 0.702. The lowest BCUT2D eigenvalue weighted by atomic mass is 10.0. The van der Waals surface area contributed by atoms with Gasteiger partial charge in [0.2, 0.25) is 5.91 Å². The molecule has 1 atom stereocenters. The number of rotatable bonds is 5. The number of carbonyl (C=O) groups is 1. The van der Waals surface area contributed by atoms with Gasteiger partial charge in [0, 0.05) is 25.6 Å². The van der Waals surface area contributed by atoms with Gasteiger partial charge in [0.1, 0.15) is 0 Å². The highest BCUT2D eigenvalue weighted by molar-refractivity contribution is 5.76. The van der Waals surface area contributed by atoms with E-state index in [9.17, 15) is 4.79 Å². The lowest BCUT2D eigenvalue weighted by molar-refractivity contribution is -0.131. The van der Waals surface area contributed by atoms with Crippen LogP contribution < -0.4 is 5.73 Å². The van der Waals surface area contributed by atoms with Gasteiger partial charge in [-0.3, -0.25) is 4.79 Å². The van der Waals surface area contributed by atoms with Crippen molar-refractivity contribution < 1.29 is 4.79 Å². The highest BCUT2D eigenvalue weighted by Crippen LogP contribution is 2.05. The molecule has 0 bridgehead atoms. The van der Waals surface area contributed by atoms with E-state index in [1.165, 1.54) is 0 Å². The first kappa shape index (κ1) is 12.4. The molecule has 0 unspecified atom stereocenters. The fourth-order valence-electron chi connectivity index (χ4n) is 1.14. The van der Waals surface area contributed by atoms with E-state index in [-0.39, 0.29) is 11.9 Å². The van der Waals surface area contributed by atoms with Crippen molar-refractivity contribution in [3.63, 3.8) is 0 Å². The maximum absolute atomic E-state index is 11.6. The molecular formula is C10H22N2O. The van der Waals surface area contributed by atoms with E-state index in [1.54, 1.807) is 0 Å². The summed E-state index contributed by atoms with van der Waals surface area (Å²) in [6.07, 6.45) is 0.472. The van der Waals surface area contributed by atoms with Crippen LogP contribution in [0, 0.1) is 5.92 Å². The zero-order valence-corrected chi connectivity index (χ0v) is 9.21. The summed E-state index contributed by atoms with van der Waals surface area (Å²) in [6, 6.07) is -0.00639. The first-order valence-corrected chi connectivity index (χ1v) is 5.06. The Hall–Kier alpha value is -0.570. The molecule has 0 radical (unpaired) electrons. The Morgan fingerprint density at radius 3 is 2.08 bits per heavy atom. The minimum atomic E-state index is -0.00639. The first-order valence-electron chi connectivity index (χ1n) is 5.06. The van der Waals surface area contributed by atoms with Crippen molar-refractivity contribution in [3.8, 4) is 0 Å². The molecular weight excluding hydrogens is 164 g/mol. The van der Waals surface area contributed by atoms with Crippen molar-refractivity contribution in [3.05, 3.63) is 0 Å². The van der Waals surface area contributed by atoms with Gasteiger partial charge in [-0.1, -0.05) is 13.8 Å². The summed E-state index contributed by atoms with van der Waals surface area (Å²) in [4.78, 5) is 13.4. The average molecular weight is 186 g/mol. The van der Waals surface area contributed by atoms with Gasteiger partial charge >= 0.3 is 0 Å². The van der Waals surface area contributed by atoms with Crippen molar-refractivity contribution >= 4 is 5.91 Å². The van der Waals surface area contributed by atoms with Crippen LogP contribution in [0.4, 0.5) is 0 Å². The van der Waals surface area contributed by atoms with Gasteiger partial charge in [-0.05, 0) is 19.8 Å². The topological polar surface area (TPSA) is 46.3 Å². The van der Waals surface area contributed by atoms with E-state index < -0.39 is 0 Å². The van der Waals surface area contributed by atoms with Gasteiger partial charge in [0.25, 0.3) is 0 Å².